The third-order valence-electron chi connectivity index (χ3n) is 3.06. The summed E-state index contributed by atoms with van der Waals surface area (Å²) in [6.45, 7) is 0.0264. The molecular formula is C12H15FN2O2. The van der Waals surface area contributed by atoms with Crippen molar-refractivity contribution in [1.29, 1.82) is 0 Å². The third-order valence-corrected chi connectivity index (χ3v) is 3.06. The van der Waals surface area contributed by atoms with Crippen molar-refractivity contribution in [2.24, 2.45) is 17.4 Å². The number of primary amides is 1. The number of hydrogen-bond donors (Lipinski definition) is 2. The lowest BCUT2D eigenvalue weighted by atomic mass is 9.95. The minimum Gasteiger partial charge on any atom is -0.491 e. The smallest absolute Gasteiger partial charge is 0.241 e. The molecule has 1 aliphatic carbocycles. The molecule has 4 N–H and O–H groups in total. The summed E-state index contributed by atoms with van der Waals surface area (Å²) in [5.41, 5.74) is 10.1. The van der Waals surface area contributed by atoms with Gasteiger partial charge < -0.3 is 16.2 Å². The minimum atomic E-state index is -1.12. The predicted octanol–water partition coefficient (Wildman–Crippen LogP) is 0.797. The average Bonchev–Trinajstić information content (AvgIpc) is 3.11. The maximum absolute atomic E-state index is 12.7. The van der Waals surface area contributed by atoms with Crippen LogP contribution in [0.4, 0.5) is 4.39 Å². The highest BCUT2D eigenvalue weighted by Gasteiger charge is 2.47. The molecule has 1 aromatic rings. The van der Waals surface area contributed by atoms with Gasteiger partial charge in [-0.3, -0.25) is 4.79 Å². The zero-order valence-electron chi connectivity index (χ0n) is 9.36. The summed E-state index contributed by atoms with van der Waals surface area (Å²) in [7, 11) is 0. The van der Waals surface area contributed by atoms with Crippen LogP contribution in [0.3, 0.4) is 0 Å². The van der Waals surface area contributed by atoms with E-state index in [2.05, 4.69) is 0 Å². The van der Waals surface area contributed by atoms with Crippen LogP contribution in [0.1, 0.15) is 12.8 Å². The fourth-order valence-corrected chi connectivity index (χ4v) is 1.72. The van der Waals surface area contributed by atoms with Gasteiger partial charge in [0.2, 0.25) is 5.91 Å². The second-order valence-corrected chi connectivity index (χ2v) is 4.42. The monoisotopic (exact) mass is 238 g/mol. The van der Waals surface area contributed by atoms with Gasteiger partial charge in [0.1, 0.15) is 23.7 Å². The van der Waals surface area contributed by atoms with Gasteiger partial charge in [0, 0.05) is 0 Å². The van der Waals surface area contributed by atoms with E-state index in [0.717, 1.165) is 12.8 Å². The van der Waals surface area contributed by atoms with Crippen molar-refractivity contribution in [1.82, 2.24) is 0 Å². The highest BCUT2D eigenvalue weighted by molar-refractivity contribution is 5.85. The first kappa shape index (κ1) is 11.9. The number of ether oxygens (including phenoxy) is 1. The van der Waals surface area contributed by atoms with Crippen molar-refractivity contribution in [3.63, 3.8) is 0 Å². The number of rotatable bonds is 5. The fourth-order valence-electron chi connectivity index (χ4n) is 1.72. The van der Waals surface area contributed by atoms with Gasteiger partial charge in [0.25, 0.3) is 0 Å². The summed E-state index contributed by atoms with van der Waals surface area (Å²) < 4.78 is 18.1. The number of hydrogen-bond acceptors (Lipinski definition) is 3. The average molecular weight is 238 g/mol. The molecule has 0 spiro atoms. The van der Waals surface area contributed by atoms with E-state index in [0.29, 0.717) is 5.75 Å². The Balaban J connectivity index is 2.00. The van der Waals surface area contributed by atoms with E-state index in [1.807, 2.05) is 0 Å². The Labute approximate surface area is 98.7 Å². The lowest BCUT2D eigenvalue weighted by Crippen LogP contribution is -2.58. The Kier molecular flexibility index (Phi) is 3.02. The van der Waals surface area contributed by atoms with Gasteiger partial charge in [-0.25, -0.2) is 4.39 Å². The third kappa shape index (κ3) is 2.55. The summed E-state index contributed by atoms with van der Waals surface area (Å²) >= 11 is 0. The molecule has 0 bridgehead atoms. The second kappa shape index (κ2) is 4.33. The van der Waals surface area contributed by atoms with Crippen LogP contribution in [0.25, 0.3) is 0 Å². The topological polar surface area (TPSA) is 78.3 Å². The van der Waals surface area contributed by atoms with Crippen LogP contribution < -0.4 is 16.2 Å². The molecule has 0 aromatic heterocycles. The molecule has 2 rings (SSSR count). The minimum absolute atomic E-state index is 0.0264. The Morgan fingerprint density at radius 2 is 2.00 bits per heavy atom. The molecule has 92 valence electrons. The zero-order chi connectivity index (χ0) is 12.5. The van der Waals surface area contributed by atoms with E-state index in [4.69, 9.17) is 16.2 Å². The lowest BCUT2D eigenvalue weighted by molar-refractivity contribution is -0.125. The molecule has 1 amide bonds. The number of halogens is 1. The van der Waals surface area contributed by atoms with Crippen LogP contribution in [-0.4, -0.2) is 18.1 Å². The molecular weight excluding hydrogens is 223 g/mol. The molecule has 1 aromatic carbocycles. The van der Waals surface area contributed by atoms with Gasteiger partial charge in [-0.2, -0.15) is 0 Å². The molecule has 5 heteroatoms. The summed E-state index contributed by atoms with van der Waals surface area (Å²) in [5, 5.41) is 0. The Morgan fingerprint density at radius 1 is 1.41 bits per heavy atom. The highest BCUT2D eigenvalue weighted by Crippen LogP contribution is 2.38. The van der Waals surface area contributed by atoms with Gasteiger partial charge in [-0.05, 0) is 43.0 Å². The molecule has 0 aliphatic heterocycles. The van der Waals surface area contributed by atoms with Gasteiger partial charge in [0.05, 0.1) is 0 Å². The molecule has 1 unspecified atom stereocenters. The molecule has 1 aliphatic rings. The number of benzene rings is 1. The molecule has 1 saturated carbocycles. The first-order valence-corrected chi connectivity index (χ1v) is 5.49. The van der Waals surface area contributed by atoms with E-state index in [9.17, 15) is 9.18 Å². The normalized spacial score (nSPS) is 18.5. The molecule has 4 nitrogen and oxygen atoms in total. The summed E-state index contributed by atoms with van der Waals surface area (Å²) in [6, 6.07) is 5.55. The van der Waals surface area contributed by atoms with Crippen molar-refractivity contribution >= 4 is 5.91 Å². The van der Waals surface area contributed by atoms with E-state index in [1.54, 1.807) is 0 Å². The number of nitrogens with two attached hydrogens (primary N) is 2. The Bertz CT molecular complexity index is 417. The number of amides is 1. The lowest BCUT2D eigenvalue weighted by Gasteiger charge is -2.25. The van der Waals surface area contributed by atoms with Gasteiger partial charge in [-0.1, -0.05) is 0 Å². The molecule has 0 radical (unpaired) electrons. The second-order valence-electron chi connectivity index (χ2n) is 4.42. The van der Waals surface area contributed by atoms with Crippen LogP contribution in [0.5, 0.6) is 5.75 Å². The maximum atomic E-state index is 12.7. The van der Waals surface area contributed by atoms with Gasteiger partial charge in [-0.15, -0.1) is 0 Å². The summed E-state index contributed by atoms with van der Waals surface area (Å²) in [4.78, 5) is 11.3. The van der Waals surface area contributed by atoms with Crippen molar-refractivity contribution in [3.8, 4) is 5.75 Å². The van der Waals surface area contributed by atoms with Crippen LogP contribution in [0.2, 0.25) is 0 Å². The van der Waals surface area contributed by atoms with E-state index in [-0.39, 0.29) is 18.3 Å². The van der Waals surface area contributed by atoms with Crippen LogP contribution in [0, 0.1) is 11.7 Å². The maximum Gasteiger partial charge on any atom is 0.241 e. The number of carbonyl (C=O) groups excluding carboxylic acids is 1. The van der Waals surface area contributed by atoms with Gasteiger partial charge in [0.15, 0.2) is 0 Å². The Hall–Kier alpha value is -1.62. The zero-order valence-corrected chi connectivity index (χ0v) is 9.36. The van der Waals surface area contributed by atoms with Crippen molar-refractivity contribution in [3.05, 3.63) is 30.1 Å². The van der Waals surface area contributed by atoms with Crippen LogP contribution >= 0.6 is 0 Å². The van der Waals surface area contributed by atoms with Crippen molar-refractivity contribution in [2.75, 3.05) is 6.61 Å². The van der Waals surface area contributed by atoms with E-state index in [1.165, 1.54) is 24.3 Å². The number of carbonyl (C=O) groups is 1. The predicted molar refractivity (Wildman–Crippen MR) is 60.7 cm³/mol. The van der Waals surface area contributed by atoms with Crippen LogP contribution in [-0.2, 0) is 4.79 Å². The SMILES string of the molecule is NC(=O)C(N)(COc1ccc(F)cc1)C1CC1. The van der Waals surface area contributed by atoms with Crippen molar-refractivity contribution in [2.45, 2.75) is 18.4 Å². The summed E-state index contributed by atoms with van der Waals surface area (Å²) in [6.07, 6.45) is 1.79. The molecule has 0 heterocycles. The standard InChI is InChI=1S/C12H15FN2O2/c13-9-3-5-10(6-4-9)17-7-12(15,11(14)16)8-1-2-8/h3-6,8H,1-2,7,15H2,(H2,14,16). The van der Waals surface area contributed by atoms with Crippen LogP contribution in [0.15, 0.2) is 24.3 Å². The molecule has 1 atom stereocenters. The highest BCUT2D eigenvalue weighted by atomic mass is 19.1. The molecule has 1 fully saturated rings. The van der Waals surface area contributed by atoms with E-state index >= 15 is 0 Å². The largest absolute Gasteiger partial charge is 0.491 e. The Morgan fingerprint density at radius 3 is 2.47 bits per heavy atom. The first-order chi connectivity index (χ1) is 8.02. The quantitative estimate of drug-likeness (QED) is 0.796. The molecule has 0 saturated heterocycles. The van der Waals surface area contributed by atoms with E-state index < -0.39 is 11.4 Å². The molecule has 17 heavy (non-hydrogen) atoms. The first-order valence-electron chi connectivity index (χ1n) is 5.49. The van der Waals surface area contributed by atoms with Crippen molar-refractivity contribution < 1.29 is 13.9 Å². The van der Waals surface area contributed by atoms with Gasteiger partial charge >= 0.3 is 0 Å². The fraction of sp³-hybridized carbons (Fsp3) is 0.417. The summed E-state index contributed by atoms with van der Waals surface area (Å²) in [5.74, 6) is -0.320.